The van der Waals surface area contributed by atoms with Crippen LogP contribution in [0.5, 0.6) is 0 Å². The third kappa shape index (κ3) is 4.65. The number of rotatable bonds is 3. The molecule has 2 aromatic carbocycles. The molecule has 0 fully saturated rings. The number of hydrogen-bond acceptors (Lipinski definition) is 2. The number of aromatic nitrogens is 1. The van der Waals surface area contributed by atoms with Crippen molar-refractivity contribution in [2.24, 2.45) is 0 Å². The molecule has 2 aromatic heterocycles. The molecule has 0 radical (unpaired) electrons. The van der Waals surface area contributed by atoms with Crippen LogP contribution in [0.25, 0.3) is 32.1 Å². The van der Waals surface area contributed by atoms with Crippen LogP contribution in [0, 0.1) is 0 Å². The Kier molecular flexibility index (Phi) is 5.61. The first-order valence-electron chi connectivity index (χ1n) is 10.9. The van der Waals surface area contributed by atoms with Gasteiger partial charge in [-0.05, 0) is 69.0 Å². The van der Waals surface area contributed by atoms with E-state index in [2.05, 4.69) is 107 Å². The maximum atomic E-state index is 4.54. The summed E-state index contributed by atoms with van der Waals surface area (Å²) < 4.78 is 0. The molecular weight excluding hydrogens is 394 g/mol. The maximum absolute atomic E-state index is 4.54. The lowest BCUT2D eigenvalue weighted by molar-refractivity contribution is 0.590. The smallest absolute Gasteiger partial charge is 0.0801 e. The van der Waals surface area contributed by atoms with Gasteiger partial charge in [0.25, 0.3) is 0 Å². The van der Waals surface area contributed by atoms with Gasteiger partial charge in [-0.15, -0.1) is 11.3 Å². The highest BCUT2D eigenvalue weighted by Gasteiger charge is 2.19. The highest BCUT2D eigenvalue weighted by atomic mass is 32.1. The Morgan fingerprint density at radius 2 is 1.26 bits per heavy atom. The first kappa shape index (κ1) is 21.5. The van der Waals surface area contributed by atoms with Crippen molar-refractivity contribution in [2.75, 3.05) is 0 Å². The lowest BCUT2D eigenvalue weighted by Gasteiger charge is -2.22. The van der Waals surface area contributed by atoms with Gasteiger partial charge in [0.2, 0.25) is 0 Å². The van der Waals surface area contributed by atoms with Crippen LogP contribution in [0.3, 0.4) is 0 Å². The number of thiophene rings is 1. The van der Waals surface area contributed by atoms with Crippen LogP contribution in [0.4, 0.5) is 0 Å². The van der Waals surface area contributed by atoms with Crippen molar-refractivity contribution in [1.29, 1.82) is 0 Å². The van der Waals surface area contributed by atoms with Crippen molar-refractivity contribution < 1.29 is 0 Å². The third-order valence-electron chi connectivity index (χ3n) is 5.74. The number of benzene rings is 2. The molecule has 158 valence electrons. The summed E-state index contributed by atoms with van der Waals surface area (Å²) in [5.74, 6) is 0. The average Bonchev–Trinajstić information content (AvgIpc) is 3.23. The molecular formula is C29H31NS. The van der Waals surface area contributed by atoms with Crippen LogP contribution in [-0.2, 0) is 10.8 Å². The average molecular weight is 426 g/mol. The van der Waals surface area contributed by atoms with Crippen LogP contribution in [-0.4, -0.2) is 4.98 Å². The highest BCUT2D eigenvalue weighted by molar-refractivity contribution is 7.18. The van der Waals surface area contributed by atoms with Gasteiger partial charge < -0.3 is 0 Å². The van der Waals surface area contributed by atoms with Crippen molar-refractivity contribution in [3.8, 4) is 32.1 Å². The summed E-state index contributed by atoms with van der Waals surface area (Å²) in [6.07, 6.45) is 1.86. The molecule has 4 rings (SSSR count). The first-order valence-corrected chi connectivity index (χ1v) is 11.7. The molecule has 0 unspecified atom stereocenters. The van der Waals surface area contributed by atoms with Gasteiger partial charge in [-0.3, -0.25) is 4.98 Å². The van der Waals surface area contributed by atoms with Crippen LogP contribution in [0.1, 0.15) is 52.7 Å². The number of nitrogens with zero attached hydrogens (tertiary/aromatic N) is 1. The van der Waals surface area contributed by atoms with Gasteiger partial charge >= 0.3 is 0 Å². The zero-order chi connectivity index (χ0) is 22.2. The molecule has 0 aliphatic rings. The van der Waals surface area contributed by atoms with E-state index in [4.69, 9.17) is 0 Å². The number of pyridine rings is 1. The fraction of sp³-hybridized carbons (Fsp3) is 0.276. The molecule has 2 heterocycles. The van der Waals surface area contributed by atoms with Gasteiger partial charge in [0.1, 0.15) is 0 Å². The van der Waals surface area contributed by atoms with E-state index in [-0.39, 0.29) is 10.8 Å². The van der Waals surface area contributed by atoms with E-state index in [9.17, 15) is 0 Å². The Bertz CT molecular complexity index is 1170. The second-order valence-corrected chi connectivity index (χ2v) is 11.3. The van der Waals surface area contributed by atoms with Gasteiger partial charge in [0.05, 0.1) is 10.6 Å². The zero-order valence-corrected chi connectivity index (χ0v) is 20.2. The Balaban J connectivity index is 1.83. The molecule has 0 spiro atoms. The van der Waals surface area contributed by atoms with E-state index < -0.39 is 0 Å². The van der Waals surface area contributed by atoms with E-state index in [0.717, 1.165) is 5.69 Å². The monoisotopic (exact) mass is 425 g/mol. The maximum Gasteiger partial charge on any atom is 0.0801 e. The van der Waals surface area contributed by atoms with Crippen molar-refractivity contribution in [2.45, 2.75) is 52.4 Å². The summed E-state index contributed by atoms with van der Waals surface area (Å²) in [7, 11) is 0. The highest BCUT2D eigenvalue weighted by Crippen LogP contribution is 2.41. The van der Waals surface area contributed by atoms with Crippen LogP contribution < -0.4 is 0 Å². The van der Waals surface area contributed by atoms with E-state index in [0.29, 0.717) is 0 Å². The fourth-order valence-electron chi connectivity index (χ4n) is 3.74. The van der Waals surface area contributed by atoms with E-state index in [1.165, 1.54) is 37.6 Å². The minimum absolute atomic E-state index is 0.102. The molecule has 2 heteroatoms. The summed E-state index contributed by atoms with van der Waals surface area (Å²) in [5.41, 5.74) is 7.83. The van der Waals surface area contributed by atoms with Crippen LogP contribution in [0.15, 0.2) is 79.0 Å². The minimum atomic E-state index is 0.102. The molecule has 0 bridgehead atoms. The van der Waals surface area contributed by atoms with Gasteiger partial charge in [-0.2, -0.15) is 0 Å². The van der Waals surface area contributed by atoms with E-state index in [1.807, 2.05) is 29.7 Å². The molecule has 0 N–H and O–H groups in total. The van der Waals surface area contributed by atoms with Gasteiger partial charge in [0.15, 0.2) is 0 Å². The molecule has 1 nitrogen and oxygen atoms in total. The number of hydrogen-bond donors (Lipinski definition) is 0. The van der Waals surface area contributed by atoms with Crippen LogP contribution >= 0.6 is 11.3 Å². The summed E-state index contributed by atoms with van der Waals surface area (Å²) in [6, 6.07) is 26.5. The molecule has 0 atom stereocenters. The normalized spacial score (nSPS) is 12.2. The lowest BCUT2D eigenvalue weighted by atomic mass is 9.83. The standard InChI is InChI=1S/C29H31NS/c1-28(2,3)21-12-10-20(11-13-21)23-15-14-22(29(4,5)6)19-24(23)26-16-17-27(31-26)25-9-7-8-18-30-25/h7-19H,1-6H3. The first-order chi connectivity index (χ1) is 14.6. The van der Waals surface area contributed by atoms with Gasteiger partial charge in [0, 0.05) is 11.1 Å². The van der Waals surface area contributed by atoms with E-state index in [1.54, 1.807) is 0 Å². The Hall–Kier alpha value is -2.71. The van der Waals surface area contributed by atoms with Gasteiger partial charge in [-0.25, -0.2) is 0 Å². The Morgan fingerprint density at radius 1 is 0.613 bits per heavy atom. The predicted molar refractivity (Wildman–Crippen MR) is 136 cm³/mol. The zero-order valence-electron chi connectivity index (χ0n) is 19.4. The quantitative estimate of drug-likeness (QED) is 0.320. The molecule has 0 saturated carbocycles. The summed E-state index contributed by atoms with van der Waals surface area (Å²) in [4.78, 5) is 7.02. The van der Waals surface area contributed by atoms with Crippen molar-refractivity contribution in [1.82, 2.24) is 4.98 Å². The minimum Gasteiger partial charge on any atom is -0.255 e. The van der Waals surface area contributed by atoms with Crippen molar-refractivity contribution >= 4 is 11.3 Å². The topological polar surface area (TPSA) is 12.9 Å². The summed E-state index contributed by atoms with van der Waals surface area (Å²) >= 11 is 1.81. The van der Waals surface area contributed by atoms with E-state index >= 15 is 0 Å². The Morgan fingerprint density at radius 3 is 1.87 bits per heavy atom. The predicted octanol–water partition coefficient (Wildman–Crippen LogP) is 8.74. The van der Waals surface area contributed by atoms with Crippen molar-refractivity contribution in [3.63, 3.8) is 0 Å². The van der Waals surface area contributed by atoms with Crippen molar-refractivity contribution in [3.05, 3.63) is 90.1 Å². The second kappa shape index (κ2) is 8.09. The Labute approximate surface area is 190 Å². The molecule has 31 heavy (non-hydrogen) atoms. The molecule has 0 saturated heterocycles. The second-order valence-electron chi connectivity index (χ2n) is 10.2. The molecule has 0 aliphatic heterocycles. The molecule has 0 amide bonds. The molecule has 0 aliphatic carbocycles. The third-order valence-corrected chi connectivity index (χ3v) is 6.88. The largest absolute Gasteiger partial charge is 0.255 e. The fourth-order valence-corrected chi connectivity index (χ4v) is 4.76. The molecule has 4 aromatic rings. The summed E-state index contributed by atoms with van der Waals surface area (Å²) in [6.45, 7) is 13.6. The van der Waals surface area contributed by atoms with Crippen LogP contribution in [0.2, 0.25) is 0 Å². The SMILES string of the molecule is CC(C)(C)c1ccc(-c2ccc(C(C)(C)C)cc2-c2ccc(-c3ccccn3)s2)cc1. The summed E-state index contributed by atoms with van der Waals surface area (Å²) in [5, 5.41) is 0. The lowest BCUT2D eigenvalue weighted by Crippen LogP contribution is -2.11. The van der Waals surface area contributed by atoms with Gasteiger partial charge in [-0.1, -0.05) is 84.0 Å².